The maximum Gasteiger partial charge on any atom is 0.357 e. The summed E-state index contributed by atoms with van der Waals surface area (Å²) in [4.78, 5) is 29.7. The van der Waals surface area contributed by atoms with Crippen molar-refractivity contribution >= 4 is 30.3 Å². The number of nitro benzene ring substituents is 1. The predicted molar refractivity (Wildman–Crippen MR) is 75.3 cm³/mol. The molecule has 0 heterocycles. The molecule has 0 aliphatic rings. The van der Waals surface area contributed by atoms with E-state index >= 15 is 0 Å². The number of non-ortho nitro benzene ring substituents is 1. The van der Waals surface area contributed by atoms with Crippen molar-refractivity contribution in [3.8, 4) is 0 Å². The lowest BCUT2D eigenvalue weighted by atomic mass is 10.3. The lowest BCUT2D eigenvalue weighted by Gasteiger charge is -2.10. The molecular formula is C12H10NO5PS. The van der Waals surface area contributed by atoms with Crippen LogP contribution in [-0.4, -0.2) is 14.7 Å². The van der Waals surface area contributed by atoms with Crippen LogP contribution in [-0.2, 0) is 4.57 Å². The van der Waals surface area contributed by atoms with E-state index in [0.717, 1.165) is 11.8 Å². The van der Waals surface area contributed by atoms with E-state index in [1.807, 2.05) is 0 Å². The van der Waals surface area contributed by atoms with Gasteiger partial charge in [0, 0.05) is 21.9 Å². The van der Waals surface area contributed by atoms with Crippen LogP contribution in [0.1, 0.15) is 0 Å². The molecular weight excluding hydrogens is 301 g/mol. The Kier molecular flexibility index (Phi) is 4.25. The van der Waals surface area contributed by atoms with Gasteiger partial charge in [-0.1, -0.05) is 23.9 Å². The first-order valence-corrected chi connectivity index (χ1v) is 7.88. The van der Waals surface area contributed by atoms with Gasteiger partial charge in [0.1, 0.15) is 0 Å². The number of benzene rings is 2. The van der Waals surface area contributed by atoms with Gasteiger partial charge in [0.2, 0.25) is 0 Å². The molecule has 0 unspecified atom stereocenters. The zero-order chi connectivity index (χ0) is 14.8. The molecule has 0 atom stereocenters. The van der Waals surface area contributed by atoms with Gasteiger partial charge in [0.15, 0.2) is 0 Å². The minimum Gasteiger partial charge on any atom is -0.321 e. The van der Waals surface area contributed by atoms with Gasteiger partial charge in [-0.2, -0.15) is 0 Å². The van der Waals surface area contributed by atoms with Gasteiger partial charge in [-0.25, -0.2) is 0 Å². The van der Waals surface area contributed by atoms with Gasteiger partial charge in [-0.05, 0) is 24.3 Å². The van der Waals surface area contributed by atoms with Gasteiger partial charge in [0.25, 0.3) is 5.69 Å². The van der Waals surface area contributed by atoms with E-state index in [9.17, 15) is 24.5 Å². The minimum atomic E-state index is -4.35. The molecule has 0 amide bonds. The van der Waals surface area contributed by atoms with Crippen molar-refractivity contribution in [2.45, 2.75) is 9.79 Å². The molecule has 2 rings (SSSR count). The summed E-state index contributed by atoms with van der Waals surface area (Å²) < 4.78 is 11.4. The van der Waals surface area contributed by atoms with Crippen LogP contribution in [0.2, 0.25) is 0 Å². The summed E-state index contributed by atoms with van der Waals surface area (Å²) in [7, 11) is -4.35. The molecule has 0 fully saturated rings. The van der Waals surface area contributed by atoms with Crippen LogP contribution in [0.15, 0.2) is 58.3 Å². The number of rotatable bonds is 4. The third-order valence-corrected chi connectivity index (χ3v) is 4.71. The summed E-state index contributed by atoms with van der Waals surface area (Å²) >= 11 is 1.15. The lowest BCUT2D eigenvalue weighted by molar-refractivity contribution is -0.384. The summed E-state index contributed by atoms with van der Waals surface area (Å²) in [5, 5.41) is 10.5. The molecule has 0 saturated heterocycles. The van der Waals surface area contributed by atoms with E-state index in [1.54, 1.807) is 30.3 Å². The molecule has 0 radical (unpaired) electrons. The summed E-state index contributed by atoms with van der Waals surface area (Å²) in [5.41, 5.74) is -0.0300. The van der Waals surface area contributed by atoms with Crippen molar-refractivity contribution in [1.82, 2.24) is 0 Å². The Hall–Kier alpha value is -1.66. The Labute approximate surface area is 118 Å². The minimum absolute atomic E-state index is 0.0300. The maximum absolute atomic E-state index is 11.4. The fourth-order valence-corrected chi connectivity index (χ4v) is 3.53. The molecule has 0 saturated carbocycles. The van der Waals surface area contributed by atoms with Crippen molar-refractivity contribution in [3.05, 3.63) is 58.6 Å². The molecule has 0 aliphatic heterocycles. The van der Waals surface area contributed by atoms with Crippen molar-refractivity contribution in [2.75, 3.05) is 0 Å². The number of hydrogen-bond acceptors (Lipinski definition) is 4. The predicted octanol–water partition coefficient (Wildman–Crippen LogP) is 2.55. The van der Waals surface area contributed by atoms with E-state index in [0.29, 0.717) is 9.79 Å². The van der Waals surface area contributed by atoms with E-state index in [2.05, 4.69) is 0 Å². The average molecular weight is 311 g/mol. The molecule has 2 aromatic carbocycles. The molecule has 0 bridgehead atoms. The monoisotopic (exact) mass is 311 g/mol. The number of nitro groups is 1. The molecule has 6 nitrogen and oxygen atoms in total. The van der Waals surface area contributed by atoms with Crippen molar-refractivity contribution < 1.29 is 19.3 Å². The Morgan fingerprint density at radius 3 is 2.20 bits per heavy atom. The van der Waals surface area contributed by atoms with Crippen LogP contribution < -0.4 is 5.30 Å². The number of nitrogens with zero attached hydrogens (tertiary/aromatic N) is 1. The zero-order valence-electron chi connectivity index (χ0n) is 10.0. The second-order valence-corrected chi connectivity index (χ2v) is 6.55. The molecule has 0 spiro atoms. The van der Waals surface area contributed by atoms with Gasteiger partial charge in [-0.15, -0.1) is 0 Å². The summed E-state index contributed by atoms with van der Waals surface area (Å²) in [6, 6.07) is 12.0. The normalized spacial score (nSPS) is 11.3. The van der Waals surface area contributed by atoms with Crippen LogP contribution in [0.25, 0.3) is 0 Å². The molecule has 8 heteroatoms. The Balaban J connectivity index is 2.31. The molecule has 2 N–H and O–H groups in total. The van der Waals surface area contributed by atoms with Crippen LogP contribution in [0.3, 0.4) is 0 Å². The van der Waals surface area contributed by atoms with Crippen LogP contribution in [0.5, 0.6) is 0 Å². The highest BCUT2D eigenvalue weighted by molar-refractivity contribution is 8.00. The van der Waals surface area contributed by atoms with E-state index < -0.39 is 12.5 Å². The highest BCUT2D eigenvalue weighted by Crippen LogP contribution is 2.39. The fourth-order valence-electron chi connectivity index (χ4n) is 1.55. The van der Waals surface area contributed by atoms with E-state index in [1.165, 1.54) is 18.2 Å². The second-order valence-electron chi connectivity index (χ2n) is 3.86. The topological polar surface area (TPSA) is 101 Å². The molecule has 0 aromatic heterocycles. The Morgan fingerprint density at radius 2 is 1.65 bits per heavy atom. The van der Waals surface area contributed by atoms with E-state index in [4.69, 9.17) is 0 Å². The number of hydrogen-bond donors (Lipinski definition) is 2. The van der Waals surface area contributed by atoms with Crippen molar-refractivity contribution in [3.63, 3.8) is 0 Å². The van der Waals surface area contributed by atoms with Gasteiger partial charge < -0.3 is 9.79 Å². The third-order valence-electron chi connectivity index (χ3n) is 2.45. The van der Waals surface area contributed by atoms with Gasteiger partial charge in [-0.3, -0.25) is 14.7 Å². The molecule has 104 valence electrons. The van der Waals surface area contributed by atoms with E-state index in [-0.39, 0.29) is 11.0 Å². The van der Waals surface area contributed by atoms with Crippen LogP contribution in [0.4, 0.5) is 5.69 Å². The zero-order valence-corrected chi connectivity index (χ0v) is 11.8. The Morgan fingerprint density at radius 1 is 1.05 bits per heavy atom. The second kappa shape index (κ2) is 5.76. The molecule has 2 aromatic rings. The molecule has 0 aliphatic carbocycles. The maximum atomic E-state index is 11.4. The Bertz CT molecular complexity index is 683. The SMILES string of the molecule is O=[N+]([O-])c1ccc(Sc2ccccc2P(=O)(O)O)cc1. The summed E-state index contributed by atoms with van der Waals surface area (Å²) in [5.74, 6) is 0. The lowest BCUT2D eigenvalue weighted by Crippen LogP contribution is -2.06. The highest BCUT2D eigenvalue weighted by Gasteiger charge is 2.21. The average Bonchev–Trinajstić information content (AvgIpc) is 2.38. The summed E-state index contributed by atoms with van der Waals surface area (Å²) in [6.07, 6.45) is 0. The molecule has 20 heavy (non-hydrogen) atoms. The first-order chi connectivity index (χ1) is 9.38. The largest absolute Gasteiger partial charge is 0.357 e. The van der Waals surface area contributed by atoms with Crippen molar-refractivity contribution in [2.24, 2.45) is 0 Å². The quantitative estimate of drug-likeness (QED) is 0.511. The van der Waals surface area contributed by atoms with Crippen LogP contribution >= 0.6 is 19.4 Å². The summed E-state index contributed by atoms with van der Waals surface area (Å²) in [6.45, 7) is 0. The van der Waals surface area contributed by atoms with Crippen LogP contribution in [0, 0.1) is 10.1 Å². The van der Waals surface area contributed by atoms with Crippen molar-refractivity contribution in [1.29, 1.82) is 0 Å². The van der Waals surface area contributed by atoms with Gasteiger partial charge in [0.05, 0.1) is 10.2 Å². The first kappa shape index (κ1) is 14.7. The third kappa shape index (κ3) is 3.46. The highest BCUT2D eigenvalue weighted by atomic mass is 32.2. The van der Waals surface area contributed by atoms with Gasteiger partial charge >= 0.3 is 7.60 Å². The standard InChI is InChI=1S/C12H10NO5PS/c14-13(15)9-5-7-10(8-6-9)20-12-4-2-1-3-11(12)19(16,17)18/h1-8H,(H2,16,17,18). The smallest absolute Gasteiger partial charge is 0.321 e. The fraction of sp³-hybridized carbons (Fsp3) is 0. The first-order valence-electron chi connectivity index (χ1n) is 5.45.